The summed E-state index contributed by atoms with van der Waals surface area (Å²) in [6.07, 6.45) is 4.58. The number of benzene rings is 1. The van der Waals surface area contributed by atoms with Crippen molar-refractivity contribution in [2.75, 3.05) is 0 Å². The number of fused-ring (bicyclic) bond motifs is 1. The van der Waals surface area contributed by atoms with Crippen LogP contribution in [0, 0.1) is 0 Å². The highest BCUT2D eigenvalue weighted by atomic mass is 35.5. The quantitative estimate of drug-likeness (QED) is 0.668. The Morgan fingerprint density at radius 2 is 1.95 bits per heavy atom. The molecule has 2 heterocycles. The van der Waals surface area contributed by atoms with E-state index in [1.54, 1.807) is 18.5 Å². The van der Waals surface area contributed by atoms with Crippen LogP contribution in [0.1, 0.15) is 15.9 Å². The number of rotatable bonds is 2. The van der Waals surface area contributed by atoms with Crippen LogP contribution in [0.5, 0.6) is 0 Å². The molecule has 0 radical (unpaired) electrons. The maximum atomic E-state index is 12.4. The van der Waals surface area contributed by atoms with Gasteiger partial charge in [0.2, 0.25) is 0 Å². The fraction of sp³-hybridized carbons (Fsp3) is 0. The number of aromatic nitrogens is 2. The van der Waals surface area contributed by atoms with Crippen molar-refractivity contribution in [2.45, 2.75) is 0 Å². The fourth-order valence-electron chi connectivity index (χ4n) is 1.91. The molecule has 0 bridgehead atoms. The Balaban J connectivity index is 2.09. The van der Waals surface area contributed by atoms with E-state index in [4.69, 9.17) is 11.6 Å². The first kappa shape index (κ1) is 11.8. The van der Waals surface area contributed by atoms with Crippen molar-refractivity contribution in [3.63, 3.8) is 0 Å². The molecule has 0 aliphatic heterocycles. The zero-order chi connectivity index (χ0) is 13.2. The van der Waals surface area contributed by atoms with Crippen LogP contribution < -0.4 is 0 Å². The largest absolute Gasteiger partial charge is 0.288 e. The Kier molecular flexibility index (Phi) is 2.97. The molecule has 0 amide bonds. The van der Waals surface area contributed by atoms with Gasteiger partial charge in [0, 0.05) is 35.1 Å². The Morgan fingerprint density at radius 3 is 2.79 bits per heavy atom. The van der Waals surface area contributed by atoms with Gasteiger partial charge in [-0.3, -0.25) is 14.8 Å². The lowest BCUT2D eigenvalue weighted by Crippen LogP contribution is -2.03. The Bertz CT molecular complexity index is 771. The van der Waals surface area contributed by atoms with E-state index in [0.29, 0.717) is 16.1 Å². The van der Waals surface area contributed by atoms with E-state index >= 15 is 0 Å². The molecule has 4 heteroatoms. The van der Waals surface area contributed by atoms with Crippen molar-refractivity contribution in [1.82, 2.24) is 9.97 Å². The highest BCUT2D eigenvalue weighted by Crippen LogP contribution is 2.20. The van der Waals surface area contributed by atoms with E-state index < -0.39 is 0 Å². The monoisotopic (exact) mass is 268 g/mol. The number of para-hydroxylation sites is 1. The van der Waals surface area contributed by atoms with Gasteiger partial charge < -0.3 is 0 Å². The van der Waals surface area contributed by atoms with Crippen molar-refractivity contribution in [3.05, 3.63) is 71.1 Å². The van der Waals surface area contributed by atoms with Crippen LogP contribution in [-0.4, -0.2) is 15.8 Å². The van der Waals surface area contributed by atoms with Crippen LogP contribution in [0.25, 0.3) is 10.9 Å². The van der Waals surface area contributed by atoms with Gasteiger partial charge in [0.1, 0.15) is 0 Å². The van der Waals surface area contributed by atoms with Crippen molar-refractivity contribution < 1.29 is 4.79 Å². The third kappa shape index (κ3) is 2.20. The molecule has 3 rings (SSSR count). The lowest BCUT2D eigenvalue weighted by Gasteiger charge is -2.04. The van der Waals surface area contributed by atoms with Crippen LogP contribution in [0.2, 0.25) is 5.02 Å². The smallest absolute Gasteiger partial charge is 0.196 e. The molecule has 19 heavy (non-hydrogen) atoms. The standard InChI is InChI=1S/C15H9ClN2O/c16-13-9-17-6-5-12(13)15(19)11-7-10-3-1-2-4-14(10)18-8-11/h1-9H. The zero-order valence-corrected chi connectivity index (χ0v) is 10.6. The number of pyridine rings is 2. The Labute approximate surface area is 114 Å². The van der Waals surface area contributed by atoms with Crippen molar-refractivity contribution in [3.8, 4) is 0 Å². The average molecular weight is 269 g/mol. The van der Waals surface area contributed by atoms with Gasteiger partial charge in [-0.15, -0.1) is 0 Å². The number of ketones is 1. The lowest BCUT2D eigenvalue weighted by molar-refractivity contribution is 0.103. The van der Waals surface area contributed by atoms with Gasteiger partial charge in [-0.25, -0.2) is 0 Å². The maximum absolute atomic E-state index is 12.4. The molecule has 0 spiro atoms. The van der Waals surface area contributed by atoms with Gasteiger partial charge in [-0.1, -0.05) is 29.8 Å². The molecule has 0 aliphatic carbocycles. The first-order chi connectivity index (χ1) is 9.25. The molecular formula is C15H9ClN2O. The predicted octanol–water partition coefficient (Wildman–Crippen LogP) is 3.51. The summed E-state index contributed by atoms with van der Waals surface area (Å²) in [4.78, 5) is 20.5. The molecule has 1 aromatic carbocycles. The second kappa shape index (κ2) is 4.78. The third-order valence-corrected chi connectivity index (χ3v) is 3.17. The molecule has 2 aromatic heterocycles. The van der Waals surface area contributed by atoms with Crippen LogP contribution in [0.15, 0.2) is 55.0 Å². The van der Waals surface area contributed by atoms with Crippen molar-refractivity contribution in [2.24, 2.45) is 0 Å². The highest BCUT2D eigenvalue weighted by Gasteiger charge is 2.13. The SMILES string of the molecule is O=C(c1cnc2ccccc2c1)c1ccncc1Cl. The Morgan fingerprint density at radius 1 is 1.11 bits per heavy atom. The van der Waals surface area contributed by atoms with Gasteiger partial charge in [0.15, 0.2) is 5.78 Å². The topological polar surface area (TPSA) is 42.9 Å². The number of carbonyl (C=O) groups is 1. The maximum Gasteiger partial charge on any atom is 0.196 e. The summed E-state index contributed by atoms with van der Waals surface area (Å²) < 4.78 is 0. The van der Waals surface area contributed by atoms with E-state index in [-0.39, 0.29) is 5.78 Å². The summed E-state index contributed by atoms with van der Waals surface area (Å²) in [7, 11) is 0. The molecule has 0 atom stereocenters. The molecule has 3 aromatic rings. The van der Waals surface area contributed by atoms with Gasteiger partial charge in [-0.05, 0) is 18.2 Å². The minimum absolute atomic E-state index is 0.148. The summed E-state index contributed by atoms with van der Waals surface area (Å²) >= 11 is 5.98. The summed E-state index contributed by atoms with van der Waals surface area (Å²) in [6, 6.07) is 11.1. The first-order valence-electron chi connectivity index (χ1n) is 5.75. The van der Waals surface area contributed by atoms with Crippen LogP contribution >= 0.6 is 11.6 Å². The van der Waals surface area contributed by atoms with Crippen LogP contribution in [0.3, 0.4) is 0 Å². The number of carbonyl (C=O) groups excluding carboxylic acids is 1. The molecule has 0 aliphatic rings. The van der Waals surface area contributed by atoms with Gasteiger partial charge in [0.05, 0.1) is 10.5 Å². The molecule has 92 valence electrons. The molecule has 3 nitrogen and oxygen atoms in total. The molecule has 0 fully saturated rings. The first-order valence-corrected chi connectivity index (χ1v) is 6.12. The number of halogens is 1. The molecule has 0 unspecified atom stereocenters. The fourth-order valence-corrected chi connectivity index (χ4v) is 2.12. The van der Waals surface area contributed by atoms with E-state index in [0.717, 1.165) is 10.9 Å². The molecule has 0 saturated heterocycles. The Hall–Kier alpha value is -2.26. The summed E-state index contributed by atoms with van der Waals surface area (Å²) in [5, 5.41) is 1.28. The van der Waals surface area contributed by atoms with Crippen molar-refractivity contribution >= 4 is 28.3 Å². The van der Waals surface area contributed by atoms with Crippen LogP contribution in [-0.2, 0) is 0 Å². The number of hydrogen-bond donors (Lipinski definition) is 0. The zero-order valence-electron chi connectivity index (χ0n) is 9.88. The van der Waals surface area contributed by atoms with E-state index in [1.165, 1.54) is 6.20 Å². The van der Waals surface area contributed by atoms with E-state index in [2.05, 4.69) is 9.97 Å². The number of nitrogens with zero attached hydrogens (tertiary/aromatic N) is 2. The molecular weight excluding hydrogens is 260 g/mol. The summed E-state index contributed by atoms with van der Waals surface area (Å²) in [5.41, 5.74) is 1.82. The highest BCUT2D eigenvalue weighted by molar-refractivity contribution is 6.34. The van der Waals surface area contributed by atoms with Crippen molar-refractivity contribution in [1.29, 1.82) is 0 Å². The lowest BCUT2D eigenvalue weighted by atomic mass is 10.0. The van der Waals surface area contributed by atoms with Gasteiger partial charge in [-0.2, -0.15) is 0 Å². The van der Waals surface area contributed by atoms with E-state index in [9.17, 15) is 4.79 Å². The normalized spacial score (nSPS) is 10.6. The average Bonchev–Trinajstić information content (AvgIpc) is 2.46. The molecule has 0 saturated carbocycles. The number of hydrogen-bond acceptors (Lipinski definition) is 3. The van der Waals surface area contributed by atoms with Crippen LogP contribution in [0.4, 0.5) is 0 Å². The van der Waals surface area contributed by atoms with Gasteiger partial charge >= 0.3 is 0 Å². The predicted molar refractivity (Wildman–Crippen MR) is 74.4 cm³/mol. The summed E-state index contributed by atoms with van der Waals surface area (Å²) in [5.74, 6) is -0.148. The third-order valence-electron chi connectivity index (χ3n) is 2.87. The summed E-state index contributed by atoms with van der Waals surface area (Å²) in [6.45, 7) is 0. The molecule has 0 N–H and O–H groups in total. The van der Waals surface area contributed by atoms with E-state index in [1.807, 2.05) is 30.3 Å². The minimum Gasteiger partial charge on any atom is -0.288 e. The minimum atomic E-state index is -0.148. The second-order valence-electron chi connectivity index (χ2n) is 4.10. The van der Waals surface area contributed by atoms with Gasteiger partial charge in [0.25, 0.3) is 0 Å². The second-order valence-corrected chi connectivity index (χ2v) is 4.51.